The molecule has 5 nitrogen and oxygen atoms in total. The number of hydrogen-bond acceptors (Lipinski definition) is 3. The molecule has 0 atom stereocenters. The Hall–Kier alpha value is -2.47. The number of nitrogens with zero attached hydrogens (tertiary/aromatic N) is 3. The van der Waals surface area contributed by atoms with E-state index in [0.29, 0.717) is 11.3 Å². The lowest BCUT2D eigenvalue weighted by molar-refractivity contribution is 0.266. The molecule has 21 heavy (non-hydrogen) atoms. The van der Waals surface area contributed by atoms with Gasteiger partial charge in [0, 0.05) is 17.6 Å². The summed E-state index contributed by atoms with van der Waals surface area (Å²) in [6.07, 6.45) is 1.85. The number of aryl methyl sites for hydroxylation is 1. The number of aromatic nitrogens is 3. The average Bonchev–Trinajstić information content (AvgIpc) is 2.78. The summed E-state index contributed by atoms with van der Waals surface area (Å²) in [5.41, 5.74) is 1.40. The number of aliphatic hydroxyl groups is 1. The van der Waals surface area contributed by atoms with Gasteiger partial charge in [-0.2, -0.15) is 5.10 Å². The van der Waals surface area contributed by atoms with Crippen molar-refractivity contribution in [1.82, 2.24) is 14.3 Å². The highest BCUT2D eigenvalue weighted by atomic mass is 19.1. The Bertz CT molecular complexity index is 867. The molecule has 0 unspecified atom stereocenters. The number of benzene rings is 1. The van der Waals surface area contributed by atoms with Crippen LogP contribution in [0.15, 0.2) is 41.3 Å². The summed E-state index contributed by atoms with van der Waals surface area (Å²) in [6, 6.07) is 7.55. The first-order chi connectivity index (χ1) is 10.1. The third kappa shape index (κ3) is 2.34. The molecule has 0 bridgehead atoms. The molecular formula is C15H14FN3O2. The zero-order valence-corrected chi connectivity index (χ0v) is 11.5. The highest BCUT2D eigenvalue weighted by Gasteiger charge is 2.10. The molecule has 0 radical (unpaired) electrons. The van der Waals surface area contributed by atoms with Crippen molar-refractivity contribution in [3.8, 4) is 5.82 Å². The molecule has 0 spiro atoms. The third-order valence-corrected chi connectivity index (χ3v) is 3.38. The highest BCUT2D eigenvalue weighted by molar-refractivity contribution is 5.85. The molecule has 2 aromatic heterocycles. The van der Waals surface area contributed by atoms with Gasteiger partial charge in [-0.25, -0.2) is 9.07 Å². The maximum atomic E-state index is 13.5. The van der Waals surface area contributed by atoms with E-state index in [4.69, 9.17) is 5.11 Å². The monoisotopic (exact) mass is 287 g/mol. The summed E-state index contributed by atoms with van der Waals surface area (Å²) in [4.78, 5) is 11.6. The second-order valence-corrected chi connectivity index (χ2v) is 4.82. The van der Waals surface area contributed by atoms with Gasteiger partial charge in [0.25, 0.3) is 5.56 Å². The third-order valence-electron chi connectivity index (χ3n) is 3.38. The molecule has 0 aliphatic rings. The van der Waals surface area contributed by atoms with E-state index in [1.165, 1.54) is 22.9 Å². The van der Waals surface area contributed by atoms with Gasteiger partial charge in [0.2, 0.25) is 0 Å². The van der Waals surface area contributed by atoms with Crippen LogP contribution in [-0.2, 0) is 6.54 Å². The van der Waals surface area contributed by atoms with Gasteiger partial charge < -0.3 is 5.11 Å². The second kappa shape index (κ2) is 5.14. The first-order valence-electron chi connectivity index (χ1n) is 6.57. The van der Waals surface area contributed by atoms with Gasteiger partial charge in [-0.1, -0.05) is 0 Å². The van der Waals surface area contributed by atoms with Gasteiger partial charge in [-0.15, -0.1) is 0 Å². The van der Waals surface area contributed by atoms with Crippen LogP contribution in [0.3, 0.4) is 0 Å². The highest BCUT2D eigenvalue weighted by Crippen LogP contribution is 2.24. The van der Waals surface area contributed by atoms with Crippen LogP contribution in [0.5, 0.6) is 0 Å². The molecular weight excluding hydrogens is 273 g/mol. The second-order valence-electron chi connectivity index (χ2n) is 4.82. The quantitative estimate of drug-likeness (QED) is 0.796. The van der Waals surface area contributed by atoms with Crippen LogP contribution in [0.4, 0.5) is 4.39 Å². The molecule has 0 aliphatic heterocycles. The molecule has 0 aliphatic carbocycles. The lowest BCUT2D eigenvalue weighted by Crippen LogP contribution is -2.24. The van der Waals surface area contributed by atoms with E-state index in [0.717, 1.165) is 10.9 Å². The maximum Gasteiger partial charge on any atom is 0.266 e. The van der Waals surface area contributed by atoms with Gasteiger partial charge in [0.1, 0.15) is 5.82 Å². The van der Waals surface area contributed by atoms with E-state index >= 15 is 0 Å². The summed E-state index contributed by atoms with van der Waals surface area (Å²) in [7, 11) is 0. The topological polar surface area (TPSA) is 60.0 Å². The fourth-order valence-corrected chi connectivity index (χ4v) is 2.38. The maximum absolute atomic E-state index is 13.5. The fourth-order valence-electron chi connectivity index (χ4n) is 2.38. The van der Waals surface area contributed by atoms with Crippen molar-refractivity contribution in [2.24, 2.45) is 0 Å². The van der Waals surface area contributed by atoms with Crippen molar-refractivity contribution in [2.45, 2.75) is 13.5 Å². The zero-order chi connectivity index (χ0) is 15.0. The first kappa shape index (κ1) is 13.5. The Balaban J connectivity index is 2.23. The van der Waals surface area contributed by atoms with Gasteiger partial charge in [-0.3, -0.25) is 9.36 Å². The van der Waals surface area contributed by atoms with Crippen LogP contribution in [-0.4, -0.2) is 26.1 Å². The average molecular weight is 287 g/mol. The van der Waals surface area contributed by atoms with Gasteiger partial charge >= 0.3 is 0 Å². The summed E-state index contributed by atoms with van der Waals surface area (Å²) in [5.74, 6) is 0.178. The van der Waals surface area contributed by atoms with Crippen molar-refractivity contribution in [1.29, 1.82) is 0 Å². The smallest absolute Gasteiger partial charge is 0.266 e. The lowest BCUT2D eigenvalue weighted by atomic mass is 10.2. The van der Waals surface area contributed by atoms with Crippen molar-refractivity contribution >= 4 is 10.9 Å². The minimum Gasteiger partial charge on any atom is -0.394 e. The molecule has 0 saturated heterocycles. The molecule has 0 fully saturated rings. The Morgan fingerprint density at radius 1 is 1.29 bits per heavy atom. The molecule has 108 valence electrons. The summed E-state index contributed by atoms with van der Waals surface area (Å²) in [6.45, 7) is 1.89. The van der Waals surface area contributed by atoms with E-state index < -0.39 is 0 Å². The molecule has 3 rings (SSSR count). The minimum atomic E-state index is -0.328. The molecule has 0 amide bonds. The number of fused-ring (bicyclic) bond motifs is 1. The van der Waals surface area contributed by atoms with Crippen LogP contribution in [0.25, 0.3) is 16.7 Å². The molecule has 6 heteroatoms. The predicted octanol–water partition coefficient (Wildman–Crippen LogP) is 1.63. The summed E-state index contributed by atoms with van der Waals surface area (Å²) in [5, 5.41) is 14.1. The number of halogens is 1. The van der Waals surface area contributed by atoms with Crippen molar-refractivity contribution in [3.63, 3.8) is 0 Å². The standard InChI is InChI=1S/C15H14FN3O2/c1-10-9-18(13-8-11(16)2-3-12(10)13)14-4-5-15(21)19(17-14)6-7-20/h2-5,8-9,20H,6-7H2,1H3. The van der Waals surface area contributed by atoms with E-state index in [1.54, 1.807) is 16.7 Å². The number of aliphatic hydroxyl groups excluding tert-OH is 1. The van der Waals surface area contributed by atoms with Gasteiger partial charge in [0.15, 0.2) is 5.82 Å². The largest absolute Gasteiger partial charge is 0.394 e. The van der Waals surface area contributed by atoms with Crippen molar-refractivity contribution < 1.29 is 9.50 Å². The van der Waals surface area contributed by atoms with Crippen molar-refractivity contribution in [2.75, 3.05) is 6.61 Å². The van der Waals surface area contributed by atoms with E-state index in [-0.39, 0.29) is 24.5 Å². The molecule has 1 N–H and O–H groups in total. The molecule has 0 saturated carbocycles. The first-order valence-corrected chi connectivity index (χ1v) is 6.57. The van der Waals surface area contributed by atoms with Crippen LogP contribution in [0.2, 0.25) is 0 Å². The van der Waals surface area contributed by atoms with Crippen LogP contribution in [0.1, 0.15) is 5.56 Å². The molecule has 3 aromatic rings. The summed E-state index contributed by atoms with van der Waals surface area (Å²) < 4.78 is 16.4. The predicted molar refractivity (Wildman–Crippen MR) is 77.1 cm³/mol. The normalized spacial score (nSPS) is 11.2. The van der Waals surface area contributed by atoms with E-state index in [1.807, 2.05) is 13.1 Å². The Kier molecular flexibility index (Phi) is 3.31. The van der Waals surface area contributed by atoms with Crippen LogP contribution >= 0.6 is 0 Å². The summed E-state index contributed by atoms with van der Waals surface area (Å²) >= 11 is 0. The Morgan fingerprint density at radius 2 is 2.10 bits per heavy atom. The molecule has 1 aromatic carbocycles. The number of hydrogen-bond donors (Lipinski definition) is 1. The minimum absolute atomic E-state index is 0.124. The Morgan fingerprint density at radius 3 is 2.86 bits per heavy atom. The SMILES string of the molecule is Cc1cn(-c2ccc(=O)n(CCO)n2)c2cc(F)ccc12. The Labute approximate surface area is 119 Å². The fraction of sp³-hybridized carbons (Fsp3) is 0.200. The van der Waals surface area contributed by atoms with E-state index in [9.17, 15) is 9.18 Å². The van der Waals surface area contributed by atoms with Gasteiger partial charge in [0.05, 0.1) is 18.7 Å². The molecule has 2 heterocycles. The van der Waals surface area contributed by atoms with Crippen LogP contribution in [0, 0.1) is 12.7 Å². The van der Waals surface area contributed by atoms with Gasteiger partial charge in [-0.05, 0) is 36.8 Å². The van der Waals surface area contributed by atoms with Crippen molar-refractivity contribution in [3.05, 3.63) is 58.3 Å². The van der Waals surface area contributed by atoms with Crippen LogP contribution < -0.4 is 5.56 Å². The van der Waals surface area contributed by atoms with E-state index in [2.05, 4.69) is 5.10 Å². The lowest BCUT2D eigenvalue weighted by Gasteiger charge is -2.07. The zero-order valence-electron chi connectivity index (χ0n) is 11.5. The number of rotatable bonds is 3.